The van der Waals surface area contributed by atoms with Crippen LogP contribution in [0, 0.1) is 0 Å². The van der Waals surface area contributed by atoms with Gasteiger partial charge in [-0.25, -0.2) is 9.89 Å². The molecule has 0 bridgehead atoms. The fourth-order valence-corrected chi connectivity index (χ4v) is 3.70. The summed E-state index contributed by atoms with van der Waals surface area (Å²) in [6.07, 6.45) is 2.88. The lowest BCUT2D eigenvalue weighted by atomic mass is 10.1. The maximum Gasteiger partial charge on any atom is 0.343 e. The van der Waals surface area contributed by atoms with Crippen molar-refractivity contribution in [3.8, 4) is 0 Å². The summed E-state index contributed by atoms with van der Waals surface area (Å²) in [5.41, 5.74) is 2.29. The molecule has 1 N–H and O–H groups in total. The zero-order valence-electron chi connectivity index (χ0n) is 13.4. The minimum Gasteiger partial charge on any atom is -0.270 e. The lowest BCUT2D eigenvalue weighted by Gasteiger charge is -2.06. The highest BCUT2D eigenvalue weighted by atomic mass is 32.2. The van der Waals surface area contributed by atoms with Gasteiger partial charge >= 0.3 is 5.69 Å². The summed E-state index contributed by atoms with van der Waals surface area (Å²) in [5, 5.41) is 7.46. The molecule has 0 aliphatic rings. The average molecular weight is 358 g/mol. The van der Waals surface area contributed by atoms with Gasteiger partial charge in [0.05, 0.1) is 0 Å². The third-order valence-electron chi connectivity index (χ3n) is 3.72. The topological polar surface area (TPSA) is 50.7 Å². The summed E-state index contributed by atoms with van der Waals surface area (Å²) in [4.78, 5) is 13.2. The van der Waals surface area contributed by atoms with Crippen LogP contribution in [0.1, 0.15) is 11.1 Å². The number of nitrogens with zero attached hydrogens (tertiary/aromatic N) is 2. The van der Waals surface area contributed by atoms with E-state index in [2.05, 4.69) is 52.9 Å². The minimum atomic E-state index is -0.147. The predicted octanol–water partition coefficient (Wildman–Crippen LogP) is 3.83. The van der Waals surface area contributed by atoms with Gasteiger partial charge in [-0.05, 0) is 35.9 Å². The number of benzene rings is 2. The van der Waals surface area contributed by atoms with E-state index in [0.29, 0.717) is 6.54 Å². The second-order valence-corrected chi connectivity index (χ2v) is 7.16. The monoisotopic (exact) mass is 357 g/mol. The predicted molar refractivity (Wildman–Crippen MR) is 101 cm³/mol. The van der Waals surface area contributed by atoms with E-state index in [9.17, 15) is 4.79 Å². The fraction of sp³-hybridized carbons (Fsp3) is 0.222. The normalized spacial score (nSPS) is 10.9. The van der Waals surface area contributed by atoms with Crippen LogP contribution < -0.4 is 5.69 Å². The van der Waals surface area contributed by atoms with Gasteiger partial charge in [-0.2, -0.15) is 0 Å². The number of hydrogen-bond donors (Lipinski definition) is 1. The number of aryl methyl sites for hydroxylation is 1. The molecule has 3 aromatic rings. The minimum absolute atomic E-state index is 0.147. The summed E-state index contributed by atoms with van der Waals surface area (Å²) in [6.45, 7) is 0.632. The molecule has 0 unspecified atom stereocenters. The zero-order valence-corrected chi connectivity index (χ0v) is 15.1. The van der Waals surface area contributed by atoms with E-state index in [0.717, 1.165) is 17.3 Å². The first-order valence-electron chi connectivity index (χ1n) is 7.71. The Hall–Kier alpha value is -1.92. The fourth-order valence-electron chi connectivity index (χ4n) is 2.37. The molecular formula is C18H19N3OS2. The van der Waals surface area contributed by atoms with Gasteiger partial charge in [0.1, 0.15) is 0 Å². The molecule has 0 spiro atoms. The van der Waals surface area contributed by atoms with Gasteiger partial charge in [0.2, 0.25) is 0 Å². The lowest BCUT2D eigenvalue weighted by Crippen LogP contribution is -2.18. The molecule has 0 aliphatic heterocycles. The van der Waals surface area contributed by atoms with Crippen LogP contribution in [0.2, 0.25) is 0 Å². The third-order valence-corrected chi connectivity index (χ3v) is 5.51. The van der Waals surface area contributed by atoms with Crippen LogP contribution in [0.5, 0.6) is 0 Å². The molecule has 24 heavy (non-hydrogen) atoms. The van der Waals surface area contributed by atoms with Crippen LogP contribution in [-0.4, -0.2) is 21.0 Å². The van der Waals surface area contributed by atoms with Crippen LogP contribution in [0.3, 0.4) is 0 Å². The van der Waals surface area contributed by atoms with Gasteiger partial charge in [-0.1, -0.05) is 54.2 Å². The second kappa shape index (κ2) is 8.26. The van der Waals surface area contributed by atoms with Crippen molar-refractivity contribution >= 4 is 23.5 Å². The van der Waals surface area contributed by atoms with Crippen LogP contribution in [0.4, 0.5) is 0 Å². The first-order valence-corrected chi connectivity index (χ1v) is 9.92. The summed E-state index contributed by atoms with van der Waals surface area (Å²) in [5.74, 6) is 0.796. The summed E-state index contributed by atoms with van der Waals surface area (Å²) in [7, 11) is 0. The number of nitrogens with one attached hydrogen (secondary N) is 1. The van der Waals surface area contributed by atoms with Gasteiger partial charge in [0.25, 0.3) is 0 Å². The average Bonchev–Trinajstić information content (AvgIpc) is 2.99. The zero-order chi connectivity index (χ0) is 16.8. The van der Waals surface area contributed by atoms with Gasteiger partial charge in [-0.15, -0.1) is 16.9 Å². The van der Waals surface area contributed by atoms with Crippen LogP contribution in [0.25, 0.3) is 0 Å². The van der Waals surface area contributed by atoms with Crippen molar-refractivity contribution in [2.24, 2.45) is 0 Å². The molecule has 0 saturated heterocycles. The molecule has 0 saturated carbocycles. The summed E-state index contributed by atoms with van der Waals surface area (Å²) in [6, 6.07) is 18.7. The SMILES string of the molecule is CSc1ccc(CSc2n[nH]c(=O)n2CCc2ccccc2)cc1. The van der Waals surface area contributed by atoms with E-state index in [1.165, 1.54) is 16.0 Å². The molecule has 124 valence electrons. The molecule has 2 aromatic carbocycles. The molecular weight excluding hydrogens is 338 g/mol. The molecule has 0 amide bonds. The molecule has 1 aromatic heterocycles. The van der Waals surface area contributed by atoms with Gasteiger partial charge in [0.15, 0.2) is 5.16 Å². The number of H-pyrrole nitrogens is 1. The Morgan fingerprint density at radius 3 is 2.50 bits per heavy atom. The Kier molecular flexibility index (Phi) is 5.82. The van der Waals surface area contributed by atoms with Crippen LogP contribution in [0.15, 0.2) is 69.4 Å². The van der Waals surface area contributed by atoms with Crippen molar-refractivity contribution in [2.45, 2.75) is 28.8 Å². The highest BCUT2D eigenvalue weighted by molar-refractivity contribution is 7.98. The van der Waals surface area contributed by atoms with E-state index >= 15 is 0 Å². The van der Waals surface area contributed by atoms with E-state index < -0.39 is 0 Å². The first-order chi connectivity index (χ1) is 11.8. The van der Waals surface area contributed by atoms with Gasteiger partial charge in [-0.3, -0.25) is 4.57 Å². The number of aromatic amines is 1. The van der Waals surface area contributed by atoms with E-state index in [1.807, 2.05) is 18.2 Å². The summed E-state index contributed by atoms with van der Waals surface area (Å²) < 4.78 is 1.72. The number of rotatable bonds is 7. The Bertz CT molecular complexity index is 825. The van der Waals surface area contributed by atoms with Crippen molar-refractivity contribution in [3.05, 3.63) is 76.2 Å². The van der Waals surface area contributed by atoms with Crippen molar-refractivity contribution in [2.75, 3.05) is 6.26 Å². The standard InChI is InChI=1S/C18H19N3OS2/c1-23-16-9-7-15(8-10-16)13-24-18-20-19-17(22)21(18)12-11-14-5-3-2-4-6-14/h2-10H,11-13H2,1H3,(H,19,22). The Balaban J connectivity index is 1.64. The van der Waals surface area contributed by atoms with Crippen LogP contribution >= 0.6 is 23.5 Å². The third kappa shape index (κ3) is 4.33. The Morgan fingerprint density at radius 2 is 1.79 bits per heavy atom. The number of hydrogen-bond acceptors (Lipinski definition) is 4. The van der Waals surface area contributed by atoms with Crippen molar-refractivity contribution in [3.63, 3.8) is 0 Å². The van der Waals surface area contributed by atoms with E-state index in [4.69, 9.17) is 0 Å². The molecule has 4 nitrogen and oxygen atoms in total. The summed E-state index contributed by atoms with van der Waals surface area (Å²) >= 11 is 3.32. The smallest absolute Gasteiger partial charge is 0.270 e. The maximum absolute atomic E-state index is 12.0. The van der Waals surface area contributed by atoms with E-state index in [-0.39, 0.29) is 5.69 Å². The maximum atomic E-state index is 12.0. The van der Waals surface area contributed by atoms with Crippen molar-refractivity contribution < 1.29 is 0 Å². The molecule has 6 heteroatoms. The van der Waals surface area contributed by atoms with E-state index in [1.54, 1.807) is 28.1 Å². The van der Waals surface area contributed by atoms with Gasteiger partial charge in [0, 0.05) is 17.2 Å². The Morgan fingerprint density at radius 1 is 1.04 bits per heavy atom. The highest BCUT2D eigenvalue weighted by Crippen LogP contribution is 2.22. The molecule has 1 heterocycles. The molecule has 0 radical (unpaired) electrons. The van der Waals surface area contributed by atoms with Crippen molar-refractivity contribution in [1.82, 2.24) is 14.8 Å². The molecule has 3 rings (SSSR count). The largest absolute Gasteiger partial charge is 0.343 e. The van der Waals surface area contributed by atoms with Crippen molar-refractivity contribution in [1.29, 1.82) is 0 Å². The molecule has 0 fully saturated rings. The second-order valence-electron chi connectivity index (χ2n) is 5.34. The highest BCUT2D eigenvalue weighted by Gasteiger charge is 2.09. The first kappa shape index (κ1) is 16.9. The quantitative estimate of drug-likeness (QED) is 0.653. The molecule has 0 atom stereocenters. The lowest BCUT2D eigenvalue weighted by molar-refractivity contribution is 0.616. The number of aromatic nitrogens is 3. The Labute approximate surface area is 149 Å². The molecule has 0 aliphatic carbocycles. The number of thioether (sulfide) groups is 2. The van der Waals surface area contributed by atoms with Crippen LogP contribution in [-0.2, 0) is 18.7 Å². The van der Waals surface area contributed by atoms with Gasteiger partial charge < -0.3 is 0 Å².